The predicted molar refractivity (Wildman–Crippen MR) is 55.4 cm³/mol. The monoisotopic (exact) mass is 205 g/mol. The van der Waals surface area contributed by atoms with Crippen molar-refractivity contribution in [3.8, 4) is 5.75 Å². The molecule has 0 bridgehead atoms. The number of rotatable bonds is 3. The largest absolute Gasteiger partial charge is 0.490 e. The number of nitrogens with zero attached hydrogens (tertiary/aromatic N) is 1. The molecule has 2 saturated carbocycles. The molecule has 2 aliphatic carbocycles. The minimum atomic E-state index is -0.0207. The lowest BCUT2D eigenvalue weighted by molar-refractivity contribution is 0.193. The third kappa shape index (κ3) is 1.84. The van der Waals surface area contributed by atoms with E-state index in [0.29, 0.717) is 11.8 Å². The molecule has 3 heteroatoms. The van der Waals surface area contributed by atoms with Gasteiger partial charge in [-0.2, -0.15) is 0 Å². The molecule has 1 heterocycles. The van der Waals surface area contributed by atoms with E-state index in [1.165, 1.54) is 19.3 Å². The molecule has 3 atom stereocenters. The van der Waals surface area contributed by atoms with Gasteiger partial charge in [0.1, 0.15) is 5.75 Å². The van der Waals surface area contributed by atoms with E-state index in [2.05, 4.69) is 4.98 Å². The lowest BCUT2D eigenvalue weighted by Gasteiger charge is -2.15. The van der Waals surface area contributed by atoms with Gasteiger partial charge in [-0.15, -0.1) is 0 Å². The Morgan fingerprint density at radius 1 is 1.33 bits per heavy atom. The number of hydrogen-bond donors (Lipinski definition) is 1. The second-order valence-corrected chi connectivity index (χ2v) is 4.61. The molecular formula is C12H15NO2. The second kappa shape index (κ2) is 3.49. The molecule has 0 aromatic carbocycles. The summed E-state index contributed by atoms with van der Waals surface area (Å²) in [6.45, 7) is -0.0207. The van der Waals surface area contributed by atoms with E-state index in [1.54, 1.807) is 6.20 Å². The lowest BCUT2D eigenvalue weighted by Crippen LogP contribution is -2.13. The van der Waals surface area contributed by atoms with E-state index in [-0.39, 0.29) is 6.61 Å². The van der Waals surface area contributed by atoms with E-state index >= 15 is 0 Å². The average molecular weight is 205 g/mol. The summed E-state index contributed by atoms with van der Waals surface area (Å²) in [5, 5.41) is 8.95. The molecule has 3 rings (SSSR count). The standard InChI is InChI=1S/C12H15NO2/c14-7-10-6-11(1-2-13-10)15-12-4-8-3-9(8)5-12/h1-2,6,8-9,12,14H,3-5,7H2/t8-,9+,12?. The zero-order chi connectivity index (χ0) is 10.3. The van der Waals surface area contributed by atoms with Crippen molar-refractivity contribution in [2.75, 3.05) is 0 Å². The van der Waals surface area contributed by atoms with Crippen LogP contribution in [0.25, 0.3) is 0 Å². The summed E-state index contributed by atoms with van der Waals surface area (Å²) in [7, 11) is 0. The van der Waals surface area contributed by atoms with Gasteiger partial charge >= 0.3 is 0 Å². The van der Waals surface area contributed by atoms with Gasteiger partial charge < -0.3 is 9.84 Å². The maximum Gasteiger partial charge on any atom is 0.123 e. The summed E-state index contributed by atoms with van der Waals surface area (Å²) in [6.07, 6.45) is 5.92. The van der Waals surface area contributed by atoms with Crippen molar-refractivity contribution >= 4 is 0 Å². The molecule has 1 N–H and O–H groups in total. The molecule has 0 amide bonds. The maximum absolute atomic E-state index is 8.95. The number of pyridine rings is 1. The van der Waals surface area contributed by atoms with Crippen LogP contribution in [0.1, 0.15) is 25.0 Å². The molecule has 2 fully saturated rings. The summed E-state index contributed by atoms with van der Waals surface area (Å²) in [5.41, 5.74) is 0.677. The zero-order valence-electron chi connectivity index (χ0n) is 8.60. The first-order chi connectivity index (χ1) is 7.35. The molecule has 1 unspecified atom stereocenters. The van der Waals surface area contributed by atoms with Gasteiger partial charge in [-0.3, -0.25) is 4.98 Å². The highest BCUT2D eigenvalue weighted by atomic mass is 16.5. The molecule has 15 heavy (non-hydrogen) atoms. The van der Waals surface area contributed by atoms with Crippen molar-refractivity contribution in [1.82, 2.24) is 4.98 Å². The first-order valence-corrected chi connectivity index (χ1v) is 5.57. The highest BCUT2D eigenvalue weighted by molar-refractivity contribution is 5.23. The van der Waals surface area contributed by atoms with Gasteiger partial charge in [0.05, 0.1) is 18.4 Å². The molecule has 3 nitrogen and oxygen atoms in total. The van der Waals surface area contributed by atoms with Crippen molar-refractivity contribution in [2.24, 2.45) is 11.8 Å². The highest BCUT2D eigenvalue weighted by Crippen LogP contribution is 2.52. The third-order valence-electron chi connectivity index (χ3n) is 3.45. The smallest absolute Gasteiger partial charge is 0.123 e. The van der Waals surface area contributed by atoms with Gasteiger partial charge in [-0.1, -0.05) is 0 Å². The normalized spacial score (nSPS) is 32.5. The Labute approximate surface area is 89.1 Å². The van der Waals surface area contributed by atoms with Crippen molar-refractivity contribution in [2.45, 2.75) is 32.0 Å². The molecule has 80 valence electrons. The molecule has 1 aromatic rings. The second-order valence-electron chi connectivity index (χ2n) is 4.61. The number of ether oxygens (including phenoxy) is 1. The Bertz CT molecular complexity index is 356. The first-order valence-electron chi connectivity index (χ1n) is 5.57. The molecule has 0 spiro atoms. The molecule has 0 aliphatic heterocycles. The number of fused-ring (bicyclic) bond motifs is 1. The molecule has 2 aliphatic rings. The molecular weight excluding hydrogens is 190 g/mol. The number of hydrogen-bond acceptors (Lipinski definition) is 3. The van der Waals surface area contributed by atoms with Crippen molar-refractivity contribution in [3.63, 3.8) is 0 Å². The molecule has 0 saturated heterocycles. The van der Waals surface area contributed by atoms with Crippen LogP contribution in [0.2, 0.25) is 0 Å². The topological polar surface area (TPSA) is 42.4 Å². The van der Waals surface area contributed by atoms with Crippen LogP contribution in [-0.4, -0.2) is 16.2 Å². The quantitative estimate of drug-likeness (QED) is 0.817. The van der Waals surface area contributed by atoms with E-state index < -0.39 is 0 Å². The summed E-state index contributed by atoms with van der Waals surface area (Å²) < 4.78 is 5.87. The summed E-state index contributed by atoms with van der Waals surface area (Å²) in [4.78, 5) is 4.03. The van der Waals surface area contributed by atoms with E-state index in [0.717, 1.165) is 17.6 Å². The van der Waals surface area contributed by atoms with Gasteiger partial charge in [0.2, 0.25) is 0 Å². The van der Waals surface area contributed by atoms with Gasteiger partial charge in [0.25, 0.3) is 0 Å². The third-order valence-corrected chi connectivity index (χ3v) is 3.45. The predicted octanol–water partition coefficient (Wildman–Crippen LogP) is 1.75. The maximum atomic E-state index is 8.95. The van der Waals surface area contributed by atoms with E-state index in [1.807, 2.05) is 12.1 Å². The van der Waals surface area contributed by atoms with Crippen LogP contribution in [-0.2, 0) is 6.61 Å². The van der Waals surface area contributed by atoms with Gasteiger partial charge in [0, 0.05) is 12.3 Å². The zero-order valence-corrected chi connectivity index (χ0v) is 8.60. The first kappa shape index (κ1) is 9.16. The van der Waals surface area contributed by atoms with Gasteiger partial charge in [0.15, 0.2) is 0 Å². The van der Waals surface area contributed by atoms with Crippen LogP contribution < -0.4 is 4.74 Å². The fourth-order valence-corrected chi connectivity index (χ4v) is 2.56. The molecule has 0 radical (unpaired) electrons. The number of aromatic nitrogens is 1. The van der Waals surface area contributed by atoms with Crippen molar-refractivity contribution < 1.29 is 9.84 Å². The molecule has 1 aromatic heterocycles. The Kier molecular flexibility index (Phi) is 2.13. The van der Waals surface area contributed by atoms with E-state index in [4.69, 9.17) is 9.84 Å². The summed E-state index contributed by atoms with van der Waals surface area (Å²) in [6, 6.07) is 3.69. The summed E-state index contributed by atoms with van der Waals surface area (Å²) in [5.74, 6) is 2.73. The Morgan fingerprint density at radius 2 is 2.13 bits per heavy atom. The highest BCUT2D eigenvalue weighted by Gasteiger charge is 2.46. The van der Waals surface area contributed by atoms with Crippen molar-refractivity contribution in [1.29, 1.82) is 0 Å². The fourth-order valence-electron chi connectivity index (χ4n) is 2.56. The number of aliphatic hydroxyl groups is 1. The SMILES string of the molecule is OCc1cc(OC2C[C@@H]3C[C@@H]3C2)ccn1. The van der Waals surface area contributed by atoms with E-state index in [9.17, 15) is 0 Å². The van der Waals surface area contributed by atoms with Crippen LogP contribution in [0.4, 0.5) is 0 Å². The minimum absolute atomic E-state index is 0.0207. The average Bonchev–Trinajstić information content (AvgIpc) is 2.87. The van der Waals surface area contributed by atoms with Crippen LogP contribution in [0.15, 0.2) is 18.3 Å². The van der Waals surface area contributed by atoms with Crippen LogP contribution >= 0.6 is 0 Å². The number of aliphatic hydroxyl groups excluding tert-OH is 1. The van der Waals surface area contributed by atoms with Crippen LogP contribution in [0.5, 0.6) is 5.75 Å². The lowest BCUT2D eigenvalue weighted by atomic mass is 10.2. The van der Waals surface area contributed by atoms with Crippen LogP contribution in [0.3, 0.4) is 0 Å². The Morgan fingerprint density at radius 3 is 2.87 bits per heavy atom. The fraction of sp³-hybridized carbons (Fsp3) is 0.583. The Balaban J connectivity index is 1.65. The van der Waals surface area contributed by atoms with Gasteiger partial charge in [-0.05, 0) is 37.2 Å². The van der Waals surface area contributed by atoms with Crippen molar-refractivity contribution in [3.05, 3.63) is 24.0 Å². The van der Waals surface area contributed by atoms with Gasteiger partial charge in [-0.25, -0.2) is 0 Å². The minimum Gasteiger partial charge on any atom is -0.490 e. The summed E-state index contributed by atoms with van der Waals surface area (Å²) >= 11 is 0. The Hall–Kier alpha value is -1.09. The van der Waals surface area contributed by atoms with Crippen LogP contribution in [0, 0.1) is 11.8 Å².